The zero-order chi connectivity index (χ0) is 44.6. The number of hydrogen-bond donors (Lipinski definition) is 8. The maximum absolute atomic E-state index is 11.6. The van der Waals surface area contributed by atoms with E-state index >= 15 is 0 Å². The Bertz CT molecular complexity index is 1540. The van der Waals surface area contributed by atoms with Gasteiger partial charge in [0.2, 0.25) is 0 Å². The number of alkyl halides is 1. The summed E-state index contributed by atoms with van der Waals surface area (Å²) in [6.07, 6.45) is -2.89. The van der Waals surface area contributed by atoms with Crippen LogP contribution in [-0.2, 0) is 51.1 Å². The van der Waals surface area contributed by atoms with Crippen molar-refractivity contribution in [3.8, 4) is 23.0 Å². The second-order valence-electron chi connectivity index (χ2n) is 13.8. The van der Waals surface area contributed by atoms with E-state index in [1.165, 1.54) is 36.4 Å². The molecule has 0 bridgehead atoms. The van der Waals surface area contributed by atoms with Crippen molar-refractivity contribution in [1.82, 2.24) is 5.32 Å². The number of halogens is 1. The van der Waals surface area contributed by atoms with Crippen LogP contribution in [0.2, 0.25) is 0 Å². The van der Waals surface area contributed by atoms with Gasteiger partial charge in [0.1, 0.15) is 28.9 Å². The third-order valence-corrected chi connectivity index (χ3v) is 5.27. The third kappa shape index (κ3) is 37.0. The summed E-state index contributed by atoms with van der Waals surface area (Å²) in [6.45, 7) is 14.8. The number of ether oxygens (including phenoxy) is 4. The normalized spacial score (nSPS) is 11.1. The van der Waals surface area contributed by atoms with Gasteiger partial charge in [0.25, 0.3) is 6.47 Å². The number of carboxylic acids is 2. The molecule has 9 N–H and O–H groups in total. The predicted octanol–water partition coefficient (Wildman–Crippen LogP) is -1.85. The number of phenols is 4. The molecule has 20 nitrogen and oxygen atoms in total. The smallest absolute Gasteiger partial charge is 1.00 e. The number of nitrogens with one attached hydrogen (secondary N) is 1. The van der Waals surface area contributed by atoms with Gasteiger partial charge in [0.05, 0.1) is 0 Å². The fourth-order valence-electron chi connectivity index (χ4n) is 3.23. The van der Waals surface area contributed by atoms with Gasteiger partial charge in [-0.15, -0.1) is 0 Å². The van der Waals surface area contributed by atoms with Crippen LogP contribution < -0.4 is 119 Å². The fourth-order valence-corrected chi connectivity index (χ4v) is 3.23. The van der Waals surface area contributed by atoms with Crippen molar-refractivity contribution in [3.63, 3.8) is 0 Å². The number of carboxylic acid groups (broad SMARTS) is 2. The first kappa shape index (κ1) is 65.1. The number of amides is 1. The molecule has 0 saturated carbocycles. The molecule has 0 aliphatic rings. The molecular formula is C35H53IK2N2O18. The van der Waals surface area contributed by atoms with Crippen LogP contribution in [-0.4, -0.2) is 101 Å². The SMILES string of the molecule is CC(C)(C)OC(=O)N[C@@H](Cc1ccc(O)c(O)c1)C(=O)O.CC(C)(C)OC(=O)OC(=O)OC(C)(C)C.CI.N[C@@H](Cc1ccc(O)c(O)c1)C(=O)O.O=CO[O-].[H-].[K+].[K+]. The van der Waals surface area contributed by atoms with Crippen molar-refractivity contribution >= 4 is 59.4 Å². The summed E-state index contributed by atoms with van der Waals surface area (Å²) < 4.78 is 18.8. The van der Waals surface area contributed by atoms with Crippen LogP contribution in [0.15, 0.2) is 36.4 Å². The van der Waals surface area contributed by atoms with Crippen LogP contribution in [0.25, 0.3) is 0 Å². The molecule has 1 amide bonds. The minimum atomic E-state index is -1.23. The van der Waals surface area contributed by atoms with Gasteiger partial charge in [-0.2, -0.15) is 0 Å². The molecule has 0 fully saturated rings. The average molecular weight is 995 g/mol. The summed E-state index contributed by atoms with van der Waals surface area (Å²) in [5.41, 5.74) is 4.19. The Morgan fingerprint density at radius 2 is 1.05 bits per heavy atom. The van der Waals surface area contributed by atoms with Crippen LogP contribution in [0.1, 0.15) is 74.9 Å². The molecular weight excluding hydrogens is 941 g/mol. The number of carbonyl (C=O) groups is 6. The first-order chi connectivity index (χ1) is 25.5. The first-order valence-electron chi connectivity index (χ1n) is 16.0. The van der Waals surface area contributed by atoms with Crippen LogP contribution >= 0.6 is 22.6 Å². The zero-order valence-corrected chi connectivity index (χ0v) is 43.1. The Morgan fingerprint density at radius 3 is 1.33 bits per heavy atom. The second kappa shape index (κ2) is 32.7. The number of aliphatic carboxylic acids is 2. The van der Waals surface area contributed by atoms with Crippen LogP contribution in [0.4, 0.5) is 14.4 Å². The Kier molecular flexibility index (Phi) is 36.7. The van der Waals surface area contributed by atoms with Gasteiger partial charge in [0, 0.05) is 6.42 Å². The number of phenolic OH excluding ortho intramolecular Hbond substituents is 4. The molecule has 2 atom stereocenters. The van der Waals surface area contributed by atoms with E-state index in [9.17, 15) is 34.2 Å². The summed E-state index contributed by atoms with van der Waals surface area (Å²) >= 11 is 2.15. The van der Waals surface area contributed by atoms with Gasteiger partial charge >= 0.3 is 133 Å². The Hall–Kier alpha value is -2.02. The molecule has 0 unspecified atom stereocenters. The number of rotatable bonds is 8. The molecule has 0 radical (unpaired) electrons. The minimum Gasteiger partial charge on any atom is -1.00 e. The summed E-state index contributed by atoms with van der Waals surface area (Å²) in [6, 6.07) is 5.83. The Morgan fingerprint density at radius 1 is 0.707 bits per heavy atom. The molecule has 58 heavy (non-hydrogen) atoms. The van der Waals surface area contributed by atoms with Gasteiger partial charge in [0.15, 0.2) is 23.0 Å². The van der Waals surface area contributed by atoms with Crippen molar-refractivity contribution < 1.29 is 193 Å². The molecule has 0 heterocycles. The van der Waals surface area contributed by atoms with Gasteiger partial charge in [-0.25, -0.2) is 19.2 Å². The third-order valence-electron chi connectivity index (χ3n) is 5.27. The molecule has 0 aliphatic heterocycles. The van der Waals surface area contributed by atoms with Crippen LogP contribution in [0.3, 0.4) is 0 Å². The molecule has 23 heteroatoms. The minimum absolute atomic E-state index is 0. The predicted molar refractivity (Wildman–Crippen MR) is 205 cm³/mol. The van der Waals surface area contributed by atoms with Crippen molar-refractivity contribution in [2.24, 2.45) is 5.73 Å². The van der Waals surface area contributed by atoms with Crippen LogP contribution in [0.5, 0.6) is 23.0 Å². The standard InChI is InChI=1S/C14H19NO6.C10H18O5.C9H11NO4.CH3I.CH2O3.2K.H/c1-14(2,3)21-13(20)15-9(12(18)19)6-8-4-5-10(16)11(17)7-8;1-9(2,3)14-7(11)13-8(12)15-10(4,5)6;10-6(9(13)14)3-5-1-2-7(11)8(12)4-5;1-2;2-1-4-3;;;/h4-5,7,9,16-17H,6H2,1-3H3,(H,15,20)(H,18,19);1-6H3;1-2,4,6,11-12H,3,10H2,(H,13,14);1H3;1,3H;;;/q;;;;;2*+1;-1/p-1/t9-;;6-;;;;;/m0.0...../s1. The van der Waals surface area contributed by atoms with E-state index in [1.807, 2.05) is 4.93 Å². The van der Waals surface area contributed by atoms with Gasteiger partial charge < -0.3 is 72.2 Å². The van der Waals surface area contributed by atoms with E-state index in [-0.39, 0.29) is 147 Å². The number of hydrogen-bond acceptors (Lipinski definition) is 17. The summed E-state index contributed by atoms with van der Waals surface area (Å²) in [5.74, 6) is -3.50. The van der Waals surface area contributed by atoms with Crippen molar-refractivity contribution in [1.29, 1.82) is 0 Å². The molecule has 2 aromatic rings. The average Bonchev–Trinajstić information content (AvgIpc) is 3.03. The van der Waals surface area contributed by atoms with E-state index < -0.39 is 59.2 Å². The number of alkyl carbamates (subject to hydrolysis) is 1. The summed E-state index contributed by atoms with van der Waals surface area (Å²) in [7, 11) is 0. The van der Waals surface area contributed by atoms with Gasteiger partial charge in [-0.1, -0.05) is 34.7 Å². The van der Waals surface area contributed by atoms with Crippen molar-refractivity contribution in [2.75, 3.05) is 4.93 Å². The zero-order valence-electron chi connectivity index (χ0n) is 35.6. The summed E-state index contributed by atoms with van der Waals surface area (Å²) in [4.78, 5) is 68.4. The second-order valence-corrected chi connectivity index (χ2v) is 13.8. The number of aromatic hydroxyl groups is 4. The van der Waals surface area contributed by atoms with Crippen molar-refractivity contribution in [3.05, 3.63) is 47.5 Å². The van der Waals surface area contributed by atoms with E-state index in [0.717, 1.165) is 0 Å². The molecule has 2 aromatic carbocycles. The molecule has 0 spiro atoms. The van der Waals surface area contributed by atoms with Crippen LogP contribution in [0, 0.1) is 0 Å². The molecule has 0 aliphatic carbocycles. The number of benzene rings is 2. The largest absolute Gasteiger partial charge is 1.00 e. The quantitative estimate of drug-likeness (QED) is 0.0138. The fraction of sp³-hybridized carbons (Fsp3) is 0.486. The molecule has 0 saturated heterocycles. The number of nitrogens with two attached hydrogens (primary N) is 1. The Labute approximate surface area is 436 Å². The monoisotopic (exact) mass is 994 g/mol. The van der Waals surface area contributed by atoms with E-state index in [1.54, 1.807) is 62.3 Å². The first-order valence-corrected chi connectivity index (χ1v) is 18.1. The maximum atomic E-state index is 11.6. The molecule has 320 valence electrons. The van der Waals surface area contributed by atoms with Gasteiger partial charge in [-0.05, 0) is 109 Å². The van der Waals surface area contributed by atoms with Gasteiger partial charge in [-0.3, -0.25) is 9.59 Å². The summed E-state index contributed by atoms with van der Waals surface area (Å²) in [5, 5.41) is 65.0. The molecule has 2 rings (SSSR count). The topological polar surface area (TPSA) is 331 Å². The van der Waals surface area contributed by atoms with E-state index in [0.29, 0.717) is 11.1 Å². The van der Waals surface area contributed by atoms with E-state index in [4.69, 9.17) is 50.4 Å². The number of carbonyl (C=O) groups excluding carboxylic acids is 4. The Balaban J connectivity index is -0.000000166. The molecule has 0 aromatic heterocycles. The van der Waals surface area contributed by atoms with E-state index in [2.05, 4.69) is 37.5 Å². The van der Waals surface area contributed by atoms with Crippen molar-refractivity contribution in [2.45, 2.75) is 104 Å². The maximum Gasteiger partial charge on any atom is 1.00 e.